The lowest BCUT2D eigenvalue weighted by Gasteiger charge is -2.32. The smallest absolute Gasteiger partial charge is 0.256 e. The Kier molecular flexibility index (Phi) is 32.5. The van der Waals surface area contributed by atoms with Gasteiger partial charge in [-0.3, -0.25) is 28.8 Å². The number of hydrogen-bond donors (Lipinski definition) is 10. The van der Waals surface area contributed by atoms with E-state index in [-0.39, 0.29) is 142 Å². The van der Waals surface area contributed by atoms with Crippen LogP contribution in [0.2, 0.25) is 0 Å². The molecule has 0 saturated carbocycles. The normalized spacial score (nSPS) is 12.1. The number of carbonyl (C=O) groups is 6. The summed E-state index contributed by atoms with van der Waals surface area (Å²) in [5.41, 5.74) is 0.378. The number of rotatable bonds is 33. The fraction of sp³-hybridized carbons (Fsp3) is 0.600. The number of aliphatic hydroxyl groups is 10. The van der Waals surface area contributed by atoms with Crippen LogP contribution in [0.4, 0.5) is 11.4 Å². The first-order valence-electron chi connectivity index (χ1n) is 23.0. The molecule has 0 radical (unpaired) electrons. The van der Waals surface area contributed by atoms with Gasteiger partial charge in [-0.25, -0.2) is 0 Å². The fourth-order valence-corrected chi connectivity index (χ4v) is 15.0. The van der Waals surface area contributed by atoms with Gasteiger partial charge < -0.3 is 89.9 Å². The van der Waals surface area contributed by atoms with Crippen molar-refractivity contribution in [2.45, 2.75) is 33.0 Å². The number of amides is 6. The SMILES string of the molecule is CC(=O)N(CC(O)COCCOCC(O)CN(C(C)=O)c1c(I)c(C(=O)N(CCO)CCO)c(I)c(C(=O)N(CCO)CCO)c1I)c1c(C)c(C(=O)N(CCO)CCO)c(I)c(C(=O)N(CCO)CCO)c1I. The van der Waals surface area contributed by atoms with Crippen molar-refractivity contribution < 1.29 is 89.3 Å². The van der Waals surface area contributed by atoms with Crippen molar-refractivity contribution in [1.29, 1.82) is 0 Å². The van der Waals surface area contributed by atoms with Gasteiger partial charge in [-0.15, -0.1) is 0 Å². The minimum Gasteiger partial charge on any atom is -0.395 e. The van der Waals surface area contributed by atoms with E-state index in [1.54, 1.807) is 6.92 Å². The number of benzene rings is 2. The van der Waals surface area contributed by atoms with Crippen LogP contribution in [-0.2, 0) is 19.1 Å². The minimum atomic E-state index is -1.36. The molecule has 0 aliphatic carbocycles. The van der Waals surface area contributed by atoms with Gasteiger partial charge in [0.05, 0.1) is 149 Å². The summed E-state index contributed by atoms with van der Waals surface area (Å²) in [6.45, 7) is -2.57. The van der Waals surface area contributed by atoms with Gasteiger partial charge in [0.25, 0.3) is 23.6 Å². The third-order valence-electron chi connectivity index (χ3n) is 10.9. The van der Waals surface area contributed by atoms with E-state index in [0.29, 0.717) is 0 Å². The molecule has 10 N–H and O–H groups in total. The first-order valence-corrected chi connectivity index (χ1v) is 28.3. The molecule has 2 atom stereocenters. The molecule has 0 aliphatic heterocycles. The Morgan fingerprint density at radius 2 is 0.662 bits per heavy atom. The molecule has 2 unspecified atom stereocenters. The van der Waals surface area contributed by atoms with Crippen molar-refractivity contribution in [3.8, 4) is 0 Å². The van der Waals surface area contributed by atoms with Crippen LogP contribution in [0.3, 0.4) is 0 Å². The average Bonchev–Trinajstić information content (AvgIpc) is 3.33. The Balaban J connectivity index is 2.42. The Bertz CT molecular complexity index is 1950. The van der Waals surface area contributed by atoms with E-state index in [9.17, 15) is 79.8 Å². The number of hydrogen-bond acceptors (Lipinski definition) is 18. The van der Waals surface area contributed by atoms with Gasteiger partial charge in [-0.1, -0.05) is 0 Å². The van der Waals surface area contributed by atoms with Crippen molar-refractivity contribution in [1.82, 2.24) is 19.6 Å². The number of anilines is 2. The largest absolute Gasteiger partial charge is 0.395 e. The second-order valence-corrected chi connectivity index (χ2v) is 21.5. The monoisotopic (exact) mass is 1610 g/mol. The molecular formula is C45H65I5N6O18. The van der Waals surface area contributed by atoms with Crippen LogP contribution in [0.15, 0.2) is 0 Å². The van der Waals surface area contributed by atoms with E-state index in [0.717, 1.165) is 0 Å². The predicted molar refractivity (Wildman–Crippen MR) is 311 cm³/mol. The molecule has 2 aromatic carbocycles. The van der Waals surface area contributed by atoms with Gasteiger partial charge in [0.2, 0.25) is 11.8 Å². The Morgan fingerprint density at radius 3 is 0.932 bits per heavy atom. The maximum absolute atomic E-state index is 14.1. The highest BCUT2D eigenvalue weighted by atomic mass is 127. The highest BCUT2D eigenvalue weighted by molar-refractivity contribution is 14.1. The average molecular weight is 1610 g/mol. The maximum Gasteiger partial charge on any atom is 0.256 e. The summed E-state index contributed by atoms with van der Waals surface area (Å²) >= 11 is 9.25. The van der Waals surface area contributed by atoms with Crippen molar-refractivity contribution in [2.24, 2.45) is 0 Å². The predicted octanol–water partition coefficient (Wildman–Crippen LogP) is -1.11. The number of aliphatic hydroxyl groups excluding tert-OH is 10. The topological polar surface area (TPSA) is 343 Å². The summed E-state index contributed by atoms with van der Waals surface area (Å²) in [6, 6.07) is 0. The maximum atomic E-state index is 14.1. The van der Waals surface area contributed by atoms with Crippen molar-refractivity contribution >= 4 is 160 Å². The molecule has 0 aliphatic rings. The quantitative estimate of drug-likeness (QED) is 0.0299. The van der Waals surface area contributed by atoms with Crippen molar-refractivity contribution in [3.05, 3.63) is 45.7 Å². The first kappa shape index (κ1) is 68.5. The third-order valence-corrected chi connectivity index (χ3v) is 16.2. The zero-order chi connectivity index (χ0) is 56.0. The number of ether oxygens (including phenoxy) is 2. The summed E-state index contributed by atoms with van der Waals surface area (Å²) < 4.78 is 12.3. The Morgan fingerprint density at radius 1 is 0.419 bits per heavy atom. The van der Waals surface area contributed by atoms with Crippen LogP contribution in [-0.4, -0.2) is 263 Å². The minimum absolute atomic E-state index is 0.00988. The van der Waals surface area contributed by atoms with E-state index >= 15 is 0 Å². The molecule has 29 heteroatoms. The van der Waals surface area contributed by atoms with Gasteiger partial charge in [0.1, 0.15) is 0 Å². The molecule has 0 bridgehead atoms. The number of carbonyl (C=O) groups excluding carboxylic acids is 6. The second kappa shape index (κ2) is 35.1. The fourth-order valence-electron chi connectivity index (χ4n) is 7.51. The summed E-state index contributed by atoms with van der Waals surface area (Å²) in [4.78, 5) is 90.3. The van der Waals surface area contributed by atoms with Crippen LogP contribution in [0, 0.1) is 24.8 Å². The van der Waals surface area contributed by atoms with Crippen LogP contribution in [0.5, 0.6) is 0 Å². The molecule has 0 spiro atoms. The lowest BCUT2D eigenvalue weighted by molar-refractivity contribution is -0.118. The van der Waals surface area contributed by atoms with Gasteiger partial charge in [-0.05, 0) is 125 Å². The van der Waals surface area contributed by atoms with Crippen LogP contribution in [0.1, 0.15) is 60.8 Å². The van der Waals surface area contributed by atoms with E-state index in [4.69, 9.17) is 9.47 Å². The Hall–Kier alpha value is -1.57. The summed E-state index contributed by atoms with van der Waals surface area (Å²) in [6.07, 6.45) is -2.71. The van der Waals surface area contributed by atoms with E-state index < -0.39 is 107 Å². The van der Waals surface area contributed by atoms with Crippen molar-refractivity contribution in [2.75, 3.05) is 155 Å². The molecule has 418 valence electrons. The van der Waals surface area contributed by atoms with Gasteiger partial charge >= 0.3 is 0 Å². The zero-order valence-electron chi connectivity index (χ0n) is 41.0. The molecule has 0 heterocycles. The summed E-state index contributed by atoms with van der Waals surface area (Å²) in [7, 11) is 0. The summed E-state index contributed by atoms with van der Waals surface area (Å²) in [5, 5.41) is 100. The van der Waals surface area contributed by atoms with E-state index in [2.05, 4.69) is 0 Å². The lowest BCUT2D eigenvalue weighted by Crippen LogP contribution is -2.42. The molecule has 74 heavy (non-hydrogen) atoms. The molecule has 24 nitrogen and oxygen atoms in total. The molecule has 6 amide bonds. The zero-order valence-corrected chi connectivity index (χ0v) is 51.8. The first-order chi connectivity index (χ1) is 35.1. The van der Waals surface area contributed by atoms with E-state index in [1.165, 1.54) is 43.2 Å². The molecule has 0 fully saturated rings. The molecule has 0 aromatic heterocycles. The lowest BCUT2D eigenvalue weighted by atomic mass is 9.99. The van der Waals surface area contributed by atoms with Crippen LogP contribution < -0.4 is 9.80 Å². The molecule has 2 aromatic rings. The molecule has 2 rings (SSSR count). The van der Waals surface area contributed by atoms with Gasteiger partial charge in [-0.2, -0.15) is 0 Å². The third kappa shape index (κ3) is 18.5. The standard InChI is InChI=1S/C45H65I5N6O18/c1-26-31(42(69)51(4-12-57)5-13-58)35(46)32(43(70)52(6-14-59)7-15-60)37(48)40(26)55(27(2)65)22-29(67)24-73-20-21-74-25-30(68)23-56(28(3)66)41-38(49)33(44(71)53(8-16-61)9-17-62)36(47)34(39(41)50)45(72)54(10-18-63)11-19-64/h29-30,57-64,67-68H,4-25H2,1-3H3. The molecular weight excluding hydrogens is 1550 g/mol. The van der Waals surface area contributed by atoms with Crippen LogP contribution in [0.25, 0.3) is 0 Å². The highest BCUT2D eigenvalue weighted by Crippen LogP contribution is 2.40. The van der Waals surface area contributed by atoms with Gasteiger partial charge in [0, 0.05) is 73.3 Å². The highest BCUT2D eigenvalue weighted by Gasteiger charge is 2.36. The number of nitrogens with zero attached hydrogens (tertiary/aromatic N) is 6. The molecule has 0 saturated heterocycles. The van der Waals surface area contributed by atoms with Gasteiger partial charge in [0.15, 0.2) is 0 Å². The Labute approximate surface area is 497 Å². The number of halogens is 5. The van der Waals surface area contributed by atoms with Crippen molar-refractivity contribution in [3.63, 3.8) is 0 Å². The second-order valence-electron chi connectivity index (χ2n) is 16.1. The van der Waals surface area contributed by atoms with Crippen LogP contribution >= 0.6 is 113 Å². The summed E-state index contributed by atoms with van der Waals surface area (Å²) in [5.74, 6) is -3.82. The van der Waals surface area contributed by atoms with E-state index in [1.807, 2.05) is 113 Å².